The fraction of sp³-hybridized carbons (Fsp3) is 0.483. The number of amides is 4. The van der Waals surface area contributed by atoms with Crippen LogP contribution in [0.25, 0.3) is 0 Å². The summed E-state index contributed by atoms with van der Waals surface area (Å²) < 4.78 is 5.14. The first kappa shape index (κ1) is 29.7. The van der Waals surface area contributed by atoms with E-state index in [-0.39, 0.29) is 17.2 Å². The van der Waals surface area contributed by atoms with Crippen molar-refractivity contribution in [1.29, 1.82) is 0 Å². The Labute approximate surface area is 221 Å². The minimum Gasteiger partial charge on any atom is -0.497 e. The highest BCUT2D eigenvalue weighted by Crippen LogP contribution is 2.29. The summed E-state index contributed by atoms with van der Waals surface area (Å²) in [5, 5.41) is 8.65. The zero-order chi connectivity index (χ0) is 28.0. The summed E-state index contributed by atoms with van der Waals surface area (Å²) in [5.74, 6) is 0.0891. The number of rotatable bonds is 9. The molecule has 0 aliphatic carbocycles. The van der Waals surface area contributed by atoms with Gasteiger partial charge in [-0.2, -0.15) is 0 Å². The van der Waals surface area contributed by atoms with Gasteiger partial charge in [0.2, 0.25) is 5.91 Å². The second kappa shape index (κ2) is 11.7. The lowest BCUT2D eigenvalue weighted by atomic mass is 9.81. The number of benzene rings is 2. The molecule has 0 fully saturated rings. The van der Waals surface area contributed by atoms with Gasteiger partial charge in [0, 0.05) is 17.8 Å². The molecule has 4 amide bonds. The Kier molecular flexibility index (Phi) is 9.36. The van der Waals surface area contributed by atoms with Gasteiger partial charge < -0.3 is 25.6 Å². The number of urea groups is 1. The number of carbonyl (C=O) groups is 3. The summed E-state index contributed by atoms with van der Waals surface area (Å²) in [6.45, 7) is 16.0. The molecule has 0 saturated carbocycles. The molecule has 2 aromatic carbocycles. The normalized spacial score (nSPS) is 11.9. The minimum atomic E-state index is -1.13. The van der Waals surface area contributed by atoms with Gasteiger partial charge in [0.1, 0.15) is 11.3 Å². The number of nitrogens with one attached hydrogen (secondary N) is 3. The van der Waals surface area contributed by atoms with Crippen LogP contribution in [0.5, 0.6) is 5.75 Å². The zero-order valence-electron chi connectivity index (χ0n) is 23.6. The van der Waals surface area contributed by atoms with Gasteiger partial charge in [-0.1, -0.05) is 32.9 Å². The van der Waals surface area contributed by atoms with Crippen LogP contribution < -0.4 is 20.7 Å². The fourth-order valence-electron chi connectivity index (χ4n) is 4.63. The minimum absolute atomic E-state index is 0.0260. The maximum Gasteiger partial charge on any atom is 0.323 e. The third kappa shape index (κ3) is 8.23. The number of methoxy groups -OCH3 is 1. The van der Waals surface area contributed by atoms with Crippen molar-refractivity contribution >= 4 is 29.2 Å². The molecule has 202 valence electrons. The summed E-state index contributed by atoms with van der Waals surface area (Å²) in [7, 11) is 1.57. The topological polar surface area (TPSA) is 99.8 Å². The molecule has 37 heavy (non-hydrogen) atoms. The average Bonchev–Trinajstić information content (AvgIpc) is 2.78. The van der Waals surface area contributed by atoms with Crippen LogP contribution in [0, 0.1) is 5.41 Å². The number of anilines is 2. The second-order valence-corrected chi connectivity index (χ2v) is 11.5. The second-order valence-electron chi connectivity index (χ2n) is 11.5. The van der Waals surface area contributed by atoms with Crippen LogP contribution in [0.1, 0.15) is 72.2 Å². The highest BCUT2D eigenvalue weighted by molar-refractivity contribution is 6.07. The Balaban J connectivity index is 2.22. The third-order valence-corrected chi connectivity index (χ3v) is 5.97. The van der Waals surface area contributed by atoms with E-state index in [4.69, 9.17) is 4.74 Å². The predicted octanol–water partition coefficient (Wildman–Crippen LogP) is 5.91. The maximum atomic E-state index is 13.7. The quantitative estimate of drug-likeness (QED) is 0.390. The SMILES string of the molecule is CCN(C(=O)c1ccccc1NC(=O)Nc1ccc(OC)cc1)C(C)(C)C(=O)NC(C)(C)CC(C)(C)C. The fourth-order valence-corrected chi connectivity index (χ4v) is 4.63. The van der Waals surface area contributed by atoms with Gasteiger partial charge >= 0.3 is 6.03 Å². The van der Waals surface area contributed by atoms with Crippen LogP contribution in [-0.2, 0) is 4.79 Å². The third-order valence-electron chi connectivity index (χ3n) is 5.97. The van der Waals surface area contributed by atoms with Crippen LogP contribution in [0.3, 0.4) is 0 Å². The lowest BCUT2D eigenvalue weighted by Gasteiger charge is -2.41. The summed E-state index contributed by atoms with van der Waals surface area (Å²) in [6, 6.07) is 13.2. The van der Waals surface area contributed by atoms with E-state index in [1.165, 1.54) is 4.90 Å². The largest absolute Gasteiger partial charge is 0.497 e. The van der Waals surface area contributed by atoms with Crippen molar-refractivity contribution in [2.75, 3.05) is 24.3 Å². The molecule has 0 saturated heterocycles. The first-order chi connectivity index (χ1) is 17.1. The number of nitrogens with zero attached hydrogens (tertiary/aromatic N) is 1. The molecule has 2 rings (SSSR count). The lowest BCUT2D eigenvalue weighted by Crippen LogP contribution is -2.61. The van der Waals surface area contributed by atoms with Crippen molar-refractivity contribution in [3.05, 3.63) is 54.1 Å². The molecule has 0 aromatic heterocycles. The highest BCUT2D eigenvalue weighted by Gasteiger charge is 2.40. The van der Waals surface area contributed by atoms with Crippen LogP contribution in [0.15, 0.2) is 48.5 Å². The van der Waals surface area contributed by atoms with E-state index in [1.807, 2.05) is 20.8 Å². The standard InChI is InChI=1S/C29H42N4O4/c1-10-33(29(7,8)25(35)32-28(5,6)19-27(2,3)4)24(34)22-13-11-12-14-23(22)31-26(36)30-20-15-17-21(37-9)18-16-20/h11-18H,10,19H2,1-9H3,(H,32,35)(H2,30,31,36). The molecule has 8 nitrogen and oxygen atoms in total. The van der Waals surface area contributed by atoms with E-state index in [9.17, 15) is 14.4 Å². The van der Waals surface area contributed by atoms with Gasteiger partial charge in [0.25, 0.3) is 5.91 Å². The molecule has 0 aliphatic heterocycles. The highest BCUT2D eigenvalue weighted by atomic mass is 16.5. The molecule has 0 bridgehead atoms. The summed E-state index contributed by atoms with van der Waals surface area (Å²) in [5.41, 5.74) is -0.329. The first-order valence-electron chi connectivity index (χ1n) is 12.6. The van der Waals surface area contributed by atoms with Gasteiger partial charge in [0.05, 0.1) is 18.4 Å². The maximum absolute atomic E-state index is 13.7. The van der Waals surface area contributed by atoms with Gasteiger partial charge in [-0.15, -0.1) is 0 Å². The van der Waals surface area contributed by atoms with E-state index in [0.29, 0.717) is 29.2 Å². The van der Waals surface area contributed by atoms with E-state index < -0.39 is 17.1 Å². The molecule has 0 heterocycles. The number of hydrogen-bond donors (Lipinski definition) is 3. The van der Waals surface area contributed by atoms with Crippen LogP contribution in [0.4, 0.5) is 16.2 Å². The van der Waals surface area contributed by atoms with E-state index in [0.717, 1.165) is 6.42 Å². The number of likely N-dealkylation sites (N-methyl/N-ethyl adjacent to an activating group) is 1. The molecule has 0 radical (unpaired) electrons. The molecule has 8 heteroatoms. The van der Waals surface area contributed by atoms with Crippen molar-refractivity contribution < 1.29 is 19.1 Å². The molecule has 0 unspecified atom stereocenters. The van der Waals surface area contributed by atoms with Crippen molar-refractivity contribution in [3.63, 3.8) is 0 Å². The Morgan fingerprint density at radius 2 is 1.46 bits per heavy atom. The first-order valence-corrected chi connectivity index (χ1v) is 12.6. The monoisotopic (exact) mass is 510 g/mol. The van der Waals surface area contributed by atoms with Crippen molar-refractivity contribution in [2.45, 2.75) is 72.9 Å². The van der Waals surface area contributed by atoms with E-state index in [2.05, 4.69) is 36.7 Å². The number of carbonyl (C=O) groups excluding carboxylic acids is 3. The number of ether oxygens (including phenoxy) is 1. The lowest BCUT2D eigenvalue weighted by molar-refractivity contribution is -0.132. The van der Waals surface area contributed by atoms with Crippen molar-refractivity contribution in [2.24, 2.45) is 5.41 Å². The molecule has 2 aromatic rings. The molecular formula is C29H42N4O4. The number of para-hydroxylation sites is 1. The van der Waals surface area contributed by atoms with Crippen LogP contribution >= 0.6 is 0 Å². The molecule has 0 aliphatic rings. The predicted molar refractivity (Wildman–Crippen MR) is 149 cm³/mol. The molecule has 0 atom stereocenters. The summed E-state index contributed by atoms with van der Waals surface area (Å²) in [6.07, 6.45) is 0.776. The molecule has 3 N–H and O–H groups in total. The van der Waals surface area contributed by atoms with Gasteiger partial charge in [0.15, 0.2) is 0 Å². The van der Waals surface area contributed by atoms with E-state index >= 15 is 0 Å². The van der Waals surface area contributed by atoms with Crippen molar-refractivity contribution in [3.8, 4) is 5.75 Å². The Bertz CT molecular complexity index is 1100. The van der Waals surface area contributed by atoms with Gasteiger partial charge in [-0.3, -0.25) is 9.59 Å². The van der Waals surface area contributed by atoms with Crippen LogP contribution in [-0.4, -0.2) is 47.5 Å². The van der Waals surface area contributed by atoms with Gasteiger partial charge in [-0.25, -0.2) is 4.79 Å². The van der Waals surface area contributed by atoms with E-state index in [1.54, 1.807) is 69.5 Å². The van der Waals surface area contributed by atoms with Crippen LogP contribution in [0.2, 0.25) is 0 Å². The summed E-state index contributed by atoms with van der Waals surface area (Å²) >= 11 is 0. The van der Waals surface area contributed by atoms with Crippen molar-refractivity contribution in [1.82, 2.24) is 10.2 Å². The Hall–Kier alpha value is -3.55. The molecular weight excluding hydrogens is 468 g/mol. The molecule has 0 spiro atoms. The number of hydrogen-bond acceptors (Lipinski definition) is 4. The Morgan fingerprint density at radius 3 is 2.00 bits per heavy atom. The average molecular weight is 511 g/mol. The van der Waals surface area contributed by atoms with Gasteiger partial charge in [-0.05, 0) is 82.9 Å². The smallest absolute Gasteiger partial charge is 0.323 e. The zero-order valence-corrected chi connectivity index (χ0v) is 23.6. The Morgan fingerprint density at radius 1 is 0.865 bits per heavy atom. The summed E-state index contributed by atoms with van der Waals surface area (Å²) in [4.78, 5) is 41.3.